The van der Waals surface area contributed by atoms with Gasteiger partial charge in [0, 0.05) is 17.8 Å². The third-order valence-corrected chi connectivity index (χ3v) is 3.41. The van der Waals surface area contributed by atoms with Crippen molar-refractivity contribution in [2.45, 2.75) is 25.8 Å². The van der Waals surface area contributed by atoms with E-state index in [1.807, 2.05) is 0 Å². The highest BCUT2D eigenvalue weighted by molar-refractivity contribution is 5.92. The van der Waals surface area contributed by atoms with Crippen molar-refractivity contribution in [2.24, 2.45) is 0 Å². The molecule has 1 saturated carbocycles. The predicted octanol–water partition coefficient (Wildman–Crippen LogP) is 1.88. The maximum atomic E-state index is 13.6. The second kappa shape index (κ2) is 3.88. The minimum absolute atomic E-state index is 0.0619. The lowest BCUT2D eigenvalue weighted by Crippen LogP contribution is -2.20. The monoisotopic (exact) mass is 262 g/mol. The SMILES string of the molecule is Cc1c(F)cnc2c1c(=O)c(C(=O)O)cn2C1CC1. The van der Waals surface area contributed by atoms with Crippen molar-refractivity contribution >= 4 is 17.0 Å². The summed E-state index contributed by atoms with van der Waals surface area (Å²) in [5.41, 5.74) is -0.511. The quantitative estimate of drug-likeness (QED) is 0.896. The first kappa shape index (κ1) is 11.8. The fraction of sp³-hybridized carbons (Fsp3) is 0.308. The molecule has 5 nitrogen and oxygen atoms in total. The number of aryl methyl sites for hydroxylation is 1. The zero-order chi connectivity index (χ0) is 13.7. The maximum Gasteiger partial charge on any atom is 0.341 e. The summed E-state index contributed by atoms with van der Waals surface area (Å²) in [4.78, 5) is 27.2. The molecule has 1 aliphatic rings. The van der Waals surface area contributed by atoms with Crippen molar-refractivity contribution in [1.82, 2.24) is 9.55 Å². The molecule has 1 aliphatic carbocycles. The number of rotatable bonds is 2. The van der Waals surface area contributed by atoms with E-state index in [-0.39, 0.29) is 22.6 Å². The first-order valence-electron chi connectivity index (χ1n) is 5.94. The van der Waals surface area contributed by atoms with Gasteiger partial charge in [-0.15, -0.1) is 0 Å². The average molecular weight is 262 g/mol. The van der Waals surface area contributed by atoms with Gasteiger partial charge in [0.05, 0.1) is 11.6 Å². The summed E-state index contributed by atoms with van der Waals surface area (Å²) >= 11 is 0. The van der Waals surface area contributed by atoms with Gasteiger partial charge < -0.3 is 9.67 Å². The smallest absolute Gasteiger partial charge is 0.341 e. The van der Waals surface area contributed by atoms with Crippen LogP contribution >= 0.6 is 0 Å². The van der Waals surface area contributed by atoms with E-state index in [4.69, 9.17) is 5.11 Å². The van der Waals surface area contributed by atoms with Gasteiger partial charge in [-0.1, -0.05) is 0 Å². The third-order valence-electron chi connectivity index (χ3n) is 3.41. The Kier molecular flexibility index (Phi) is 2.41. The molecule has 0 amide bonds. The van der Waals surface area contributed by atoms with Crippen molar-refractivity contribution in [3.63, 3.8) is 0 Å². The number of fused-ring (bicyclic) bond motifs is 1. The Balaban J connectivity index is 2.49. The van der Waals surface area contributed by atoms with Crippen LogP contribution in [-0.4, -0.2) is 20.6 Å². The zero-order valence-electron chi connectivity index (χ0n) is 10.2. The molecule has 2 aromatic heterocycles. The van der Waals surface area contributed by atoms with Crippen molar-refractivity contribution in [1.29, 1.82) is 0 Å². The van der Waals surface area contributed by atoms with Crippen LogP contribution in [0.1, 0.15) is 34.8 Å². The maximum absolute atomic E-state index is 13.6. The highest BCUT2D eigenvalue weighted by Crippen LogP contribution is 2.36. The summed E-state index contributed by atoms with van der Waals surface area (Å²) in [5, 5.41) is 9.15. The fourth-order valence-electron chi connectivity index (χ4n) is 2.21. The minimum atomic E-state index is -1.30. The van der Waals surface area contributed by atoms with Gasteiger partial charge >= 0.3 is 5.97 Å². The fourth-order valence-corrected chi connectivity index (χ4v) is 2.21. The zero-order valence-corrected chi connectivity index (χ0v) is 10.2. The number of aromatic nitrogens is 2. The number of pyridine rings is 2. The molecule has 6 heteroatoms. The van der Waals surface area contributed by atoms with E-state index in [0.29, 0.717) is 5.65 Å². The van der Waals surface area contributed by atoms with Gasteiger partial charge in [-0.3, -0.25) is 4.79 Å². The van der Waals surface area contributed by atoms with E-state index in [1.165, 1.54) is 13.1 Å². The van der Waals surface area contributed by atoms with Gasteiger partial charge in [-0.2, -0.15) is 0 Å². The summed E-state index contributed by atoms with van der Waals surface area (Å²) < 4.78 is 15.2. The van der Waals surface area contributed by atoms with Gasteiger partial charge in [0.25, 0.3) is 0 Å². The van der Waals surface area contributed by atoms with Crippen LogP contribution in [-0.2, 0) is 0 Å². The average Bonchev–Trinajstić information content (AvgIpc) is 3.17. The number of carbonyl (C=O) groups is 1. The first-order chi connectivity index (χ1) is 9.00. The summed E-state index contributed by atoms with van der Waals surface area (Å²) in [5.74, 6) is -1.90. The van der Waals surface area contributed by atoms with Crippen molar-refractivity contribution in [3.05, 3.63) is 39.6 Å². The molecule has 2 heterocycles. The van der Waals surface area contributed by atoms with E-state index >= 15 is 0 Å². The molecule has 0 aliphatic heterocycles. The molecular weight excluding hydrogens is 251 g/mol. The Labute approximate surface area is 107 Å². The summed E-state index contributed by atoms with van der Waals surface area (Å²) in [7, 11) is 0. The standard InChI is InChI=1S/C13H11FN2O3/c1-6-9(14)4-15-12-10(6)11(17)8(13(18)19)5-16(12)7-2-3-7/h4-5,7H,2-3H2,1H3,(H,18,19). The largest absolute Gasteiger partial charge is 0.477 e. The molecular formula is C13H11FN2O3. The highest BCUT2D eigenvalue weighted by Gasteiger charge is 2.28. The third kappa shape index (κ3) is 1.71. The van der Waals surface area contributed by atoms with Gasteiger partial charge in [0.1, 0.15) is 17.0 Å². The number of aromatic carboxylic acids is 1. The number of hydrogen-bond donors (Lipinski definition) is 1. The number of hydrogen-bond acceptors (Lipinski definition) is 3. The lowest BCUT2D eigenvalue weighted by Gasteiger charge is -2.11. The Morgan fingerprint density at radius 2 is 2.21 bits per heavy atom. The topological polar surface area (TPSA) is 72.2 Å². The van der Waals surface area contributed by atoms with E-state index in [0.717, 1.165) is 19.0 Å². The molecule has 0 unspecified atom stereocenters. The normalized spacial score (nSPS) is 14.8. The van der Waals surface area contributed by atoms with Crippen LogP contribution in [0, 0.1) is 12.7 Å². The van der Waals surface area contributed by atoms with E-state index in [9.17, 15) is 14.0 Å². The van der Waals surface area contributed by atoms with Gasteiger partial charge in [-0.05, 0) is 19.8 Å². The second-order valence-electron chi connectivity index (χ2n) is 4.75. The Morgan fingerprint density at radius 3 is 2.79 bits per heavy atom. The Bertz CT molecular complexity index is 763. The van der Waals surface area contributed by atoms with Crippen molar-refractivity contribution in [2.75, 3.05) is 0 Å². The molecule has 0 spiro atoms. The van der Waals surface area contributed by atoms with Crippen LogP contribution in [0.25, 0.3) is 11.0 Å². The Hall–Kier alpha value is -2.24. The van der Waals surface area contributed by atoms with Gasteiger partial charge in [0.15, 0.2) is 0 Å². The van der Waals surface area contributed by atoms with Crippen LogP contribution in [0.3, 0.4) is 0 Å². The molecule has 0 atom stereocenters. The molecule has 2 aromatic rings. The lowest BCUT2D eigenvalue weighted by molar-refractivity contribution is 0.0695. The summed E-state index contributed by atoms with van der Waals surface area (Å²) in [6.07, 6.45) is 4.20. The summed E-state index contributed by atoms with van der Waals surface area (Å²) in [6, 6.07) is 0.151. The minimum Gasteiger partial charge on any atom is -0.477 e. The predicted molar refractivity (Wildman–Crippen MR) is 65.9 cm³/mol. The van der Waals surface area contributed by atoms with Gasteiger partial charge in [-0.25, -0.2) is 14.2 Å². The molecule has 0 aromatic carbocycles. The van der Waals surface area contributed by atoms with Crippen LogP contribution < -0.4 is 5.43 Å². The van der Waals surface area contributed by atoms with E-state index in [1.54, 1.807) is 4.57 Å². The van der Waals surface area contributed by atoms with Crippen molar-refractivity contribution < 1.29 is 14.3 Å². The molecule has 3 rings (SSSR count). The molecule has 1 fully saturated rings. The van der Waals surface area contributed by atoms with Crippen molar-refractivity contribution in [3.8, 4) is 0 Å². The highest BCUT2D eigenvalue weighted by atomic mass is 19.1. The van der Waals surface area contributed by atoms with Gasteiger partial charge in [0.2, 0.25) is 5.43 Å². The second-order valence-corrected chi connectivity index (χ2v) is 4.75. The number of nitrogens with zero attached hydrogens (tertiary/aromatic N) is 2. The number of carboxylic acids is 1. The van der Waals surface area contributed by atoms with Crippen LogP contribution in [0.5, 0.6) is 0 Å². The number of halogens is 1. The molecule has 0 radical (unpaired) electrons. The molecule has 98 valence electrons. The molecule has 1 N–H and O–H groups in total. The van der Waals surface area contributed by atoms with Crippen LogP contribution in [0.15, 0.2) is 17.2 Å². The number of carboxylic acid groups (broad SMARTS) is 1. The summed E-state index contributed by atoms with van der Waals surface area (Å²) in [6.45, 7) is 1.46. The first-order valence-corrected chi connectivity index (χ1v) is 5.94. The lowest BCUT2D eigenvalue weighted by atomic mass is 10.1. The molecule has 0 saturated heterocycles. The van der Waals surface area contributed by atoms with E-state index < -0.39 is 17.2 Å². The van der Waals surface area contributed by atoms with Crippen LogP contribution in [0.4, 0.5) is 4.39 Å². The molecule has 0 bridgehead atoms. The van der Waals surface area contributed by atoms with E-state index in [2.05, 4.69) is 4.98 Å². The molecule has 19 heavy (non-hydrogen) atoms. The Morgan fingerprint density at radius 1 is 1.53 bits per heavy atom. The van der Waals surface area contributed by atoms with Crippen LogP contribution in [0.2, 0.25) is 0 Å².